The second-order valence-corrected chi connectivity index (χ2v) is 5.63. The third kappa shape index (κ3) is 3.84. The van der Waals surface area contributed by atoms with E-state index in [1.807, 2.05) is 10.9 Å². The van der Waals surface area contributed by atoms with Gasteiger partial charge in [-0.15, -0.1) is 0 Å². The average molecular weight is 249 g/mol. The monoisotopic (exact) mass is 249 g/mol. The Hall–Kier alpha value is -0.830. The van der Waals surface area contributed by atoms with Gasteiger partial charge in [-0.25, -0.2) is 0 Å². The molecular formula is C15H27N3. The van der Waals surface area contributed by atoms with Crippen LogP contribution in [0.5, 0.6) is 0 Å². The Kier molecular flexibility index (Phi) is 5.24. The lowest BCUT2D eigenvalue weighted by Gasteiger charge is -2.23. The third-order valence-electron chi connectivity index (χ3n) is 4.25. The fourth-order valence-electron chi connectivity index (χ4n) is 2.93. The molecule has 1 aromatic rings. The molecule has 1 heterocycles. The molecule has 0 spiro atoms. The van der Waals surface area contributed by atoms with E-state index in [0.29, 0.717) is 6.04 Å². The molecule has 0 aromatic carbocycles. The summed E-state index contributed by atoms with van der Waals surface area (Å²) in [4.78, 5) is 0. The molecule has 18 heavy (non-hydrogen) atoms. The number of hydrogen-bond donors (Lipinski definition) is 1. The molecule has 0 unspecified atom stereocenters. The highest BCUT2D eigenvalue weighted by Crippen LogP contribution is 2.25. The number of aryl methyl sites for hydroxylation is 1. The third-order valence-corrected chi connectivity index (χ3v) is 4.25. The van der Waals surface area contributed by atoms with Crippen LogP contribution in [0.3, 0.4) is 0 Å². The first-order chi connectivity index (χ1) is 8.79. The van der Waals surface area contributed by atoms with E-state index in [0.717, 1.165) is 19.0 Å². The first-order valence-corrected chi connectivity index (χ1v) is 7.54. The van der Waals surface area contributed by atoms with Gasteiger partial charge in [0.2, 0.25) is 0 Å². The summed E-state index contributed by atoms with van der Waals surface area (Å²) >= 11 is 0. The van der Waals surface area contributed by atoms with Gasteiger partial charge < -0.3 is 5.32 Å². The highest BCUT2D eigenvalue weighted by molar-refractivity contribution is 5.03. The van der Waals surface area contributed by atoms with Crippen molar-refractivity contribution in [3.63, 3.8) is 0 Å². The zero-order valence-electron chi connectivity index (χ0n) is 11.9. The number of rotatable bonds is 5. The van der Waals surface area contributed by atoms with Crippen LogP contribution in [0.1, 0.15) is 57.9 Å². The fourth-order valence-corrected chi connectivity index (χ4v) is 2.93. The number of nitrogens with zero attached hydrogens (tertiary/aromatic N) is 2. The molecule has 1 saturated carbocycles. The molecule has 1 atom stereocenters. The number of hydrogen-bond acceptors (Lipinski definition) is 2. The van der Waals surface area contributed by atoms with Crippen molar-refractivity contribution in [1.29, 1.82) is 0 Å². The van der Waals surface area contributed by atoms with E-state index in [9.17, 15) is 0 Å². The molecule has 0 radical (unpaired) electrons. The molecule has 3 nitrogen and oxygen atoms in total. The van der Waals surface area contributed by atoms with Gasteiger partial charge in [0.1, 0.15) is 0 Å². The highest BCUT2D eigenvalue weighted by Gasteiger charge is 2.18. The van der Waals surface area contributed by atoms with E-state index in [4.69, 9.17) is 0 Å². The van der Waals surface area contributed by atoms with E-state index in [-0.39, 0.29) is 0 Å². The lowest BCUT2D eigenvalue weighted by molar-refractivity contribution is 0.336. The van der Waals surface area contributed by atoms with Crippen molar-refractivity contribution in [2.24, 2.45) is 5.92 Å². The molecule has 0 amide bonds. The van der Waals surface area contributed by atoms with Crippen molar-refractivity contribution in [2.75, 3.05) is 0 Å². The van der Waals surface area contributed by atoms with Crippen molar-refractivity contribution >= 4 is 0 Å². The molecule has 3 heteroatoms. The summed E-state index contributed by atoms with van der Waals surface area (Å²) in [6.45, 7) is 6.38. The quantitative estimate of drug-likeness (QED) is 0.811. The minimum atomic E-state index is 0.632. The Morgan fingerprint density at radius 1 is 1.33 bits per heavy atom. The Morgan fingerprint density at radius 3 is 2.67 bits per heavy atom. The minimum absolute atomic E-state index is 0.632. The fraction of sp³-hybridized carbons (Fsp3) is 0.800. The van der Waals surface area contributed by atoms with Gasteiger partial charge >= 0.3 is 0 Å². The molecule has 1 aliphatic carbocycles. The topological polar surface area (TPSA) is 29.9 Å². The second-order valence-electron chi connectivity index (χ2n) is 5.63. The minimum Gasteiger partial charge on any atom is -0.310 e. The van der Waals surface area contributed by atoms with Crippen LogP contribution >= 0.6 is 0 Å². The maximum absolute atomic E-state index is 4.32. The molecule has 0 bridgehead atoms. The zero-order valence-corrected chi connectivity index (χ0v) is 11.9. The Labute approximate surface area is 111 Å². The summed E-state index contributed by atoms with van der Waals surface area (Å²) in [5, 5.41) is 8.00. The maximum Gasteiger partial charge on any atom is 0.0534 e. The van der Waals surface area contributed by atoms with Crippen LogP contribution in [-0.2, 0) is 13.1 Å². The SMILES string of the molecule is CCn1cc(CN[C@H](C)C2CCCCCC2)cn1. The average Bonchev–Trinajstić information content (AvgIpc) is 2.68. The summed E-state index contributed by atoms with van der Waals surface area (Å²) in [6.07, 6.45) is 12.7. The Balaban J connectivity index is 1.77. The molecule has 1 fully saturated rings. The Morgan fingerprint density at radius 2 is 2.06 bits per heavy atom. The van der Waals surface area contributed by atoms with Crippen LogP contribution in [0.4, 0.5) is 0 Å². The first-order valence-electron chi connectivity index (χ1n) is 7.54. The van der Waals surface area contributed by atoms with E-state index < -0.39 is 0 Å². The van der Waals surface area contributed by atoms with Crippen molar-refractivity contribution in [3.8, 4) is 0 Å². The molecule has 1 N–H and O–H groups in total. The molecule has 102 valence electrons. The van der Waals surface area contributed by atoms with E-state index >= 15 is 0 Å². The lowest BCUT2D eigenvalue weighted by atomic mass is 9.93. The molecule has 1 aromatic heterocycles. The zero-order chi connectivity index (χ0) is 12.8. The van der Waals surface area contributed by atoms with Gasteiger partial charge in [-0.3, -0.25) is 4.68 Å². The van der Waals surface area contributed by atoms with Gasteiger partial charge in [-0.05, 0) is 32.6 Å². The van der Waals surface area contributed by atoms with Crippen LogP contribution in [0.15, 0.2) is 12.4 Å². The van der Waals surface area contributed by atoms with Crippen molar-refractivity contribution < 1.29 is 0 Å². The van der Waals surface area contributed by atoms with Crippen LogP contribution in [0.2, 0.25) is 0 Å². The van der Waals surface area contributed by atoms with Crippen LogP contribution < -0.4 is 5.32 Å². The molecule has 2 rings (SSSR count). The van der Waals surface area contributed by atoms with Gasteiger partial charge in [-0.1, -0.05) is 25.7 Å². The van der Waals surface area contributed by atoms with Crippen LogP contribution in [-0.4, -0.2) is 15.8 Å². The highest BCUT2D eigenvalue weighted by atomic mass is 15.3. The van der Waals surface area contributed by atoms with Crippen LogP contribution in [0, 0.1) is 5.92 Å². The summed E-state index contributed by atoms with van der Waals surface area (Å²) in [5.41, 5.74) is 1.30. The predicted octanol–water partition coefficient (Wildman–Crippen LogP) is 3.35. The number of nitrogens with one attached hydrogen (secondary N) is 1. The Bertz CT molecular complexity index is 337. The van der Waals surface area contributed by atoms with E-state index in [2.05, 4.69) is 30.5 Å². The predicted molar refractivity (Wildman–Crippen MR) is 75.4 cm³/mol. The molecule has 0 saturated heterocycles. The molecule has 0 aliphatic heterocycles. The first kappa shape index (κ1) is 13.6. The van der Waals surface area contributed by atoms with Gasteiger partial charge in [-0.2, -0.15) is 5.10 Å². The van der Waals surface area contributed by atoms with Crippen LogP contribution in [0.25, 0.3) is 0 Å². The molecule has 1 aliphatic rings. The van der Waals surface area contributed by atoms with Crippen molar-refractivity contribution in [1.82, 2.24) is 15.1 Å². The number of aromatic nitrogens is 2. The van der Waals surface area contributed by atoms with Gasteiger partial charge in [0.15, 0.2) is 0 Å². The van der Waals surface area contributed by atoms with E-state index in [1.54, 1.807) is 0 Å². The summed E-state index contributed by atoms with van der Waals surface area (Å²) in [5.74, 6) is 0.869. The van der Waals surface area contributed by atoms with Gasteiger partial charge in [0.05, 0.1) is 6.20 Å². The van der Waals surface area contributed by atoms with Crippen molar-refractivity contribution in [3.05, 3.63) is 18.0 Å². The summed E-state index contributed by atoms with van der Waals surface area (Å²) in [6, 6.07) is 0.632. The van der Waals surface area contributed by atoms with Gasteiger partial charge in [0, 0.05) is 30.9 Å². The second kappa shape index (κ2) is 6.93. The molecular weight excluding hydrogens is 222 g/mol. The standard InChI is InChI=1S/C15H27N3/c1-3-18-12-14(11-17-18)10-16-13(2)15-8-6-4-5-7-9-15/h11-13,15-16H,3-10H2,1-2H3/t13-/m1/s1. The summed E-state index contributed by atoms with van der Waals surface area (Å²) < 4.78 is 1.99. The maximum atomic E-state index is 4.32. The van der Waals surface area contributed by atoms with E-state index in [1.165, 1.54) is 44.1 Å². The van der Waals surface area contributed by atoms with Gasteiger partial charge in [0.25, 0.3) is 0 Å². The normalized spacial score (nSPS) is 19.7. The smallest absolute Gasteiger partial charge is 0.0534 e. The lowest BCUT2D eigenvalue weighted by Crippen LogP contribution is -2.32. The van der Waals surface area contributed by atoms with Crippen molar-refractivity contribution in [2.45, 2.75) is 71.5 Å². The largest absolute Gasteiger partial charge is 0.310 e. The summed E-state index contributed by atoms with van der Waals surface area (Å²) in [7, 11) is 0.